The Kier molecular flexibility index (Phi) is 4.86. The summed E-state index contributed by atoms with van der Waals surface area (Å²) in [7, 11) is 0. The van der Waals surface area contributed by atoms with E-state index in [1.807, 2.05) is 58.3 Å². The molecule has 8 heteroatoms. The molecular formula is C25H26N6O2. The molecule has 33 heavy (non-hydrogen) atoms. The highest BCUT2D eigenvalue weighted by Crippen LogP contribution is 2.32. The highest BCUT2D eigenvalue weighted by Gasteiger charge is 2.42. The molecule has 0 aliphatic carbocycles. The van der Waals surface area contributed by atoms with Crippen LogP contribution >= 0.6 is 0 Å². The smallest absolute Gasteiger partial charge is 0.228 e. The van der Waals surface area contributed by atoms with Crippen molar-refractivity contribution >= 4 is 33.6 Å². The number of H-pyrrole nitrogens is 2. The van der Waals surface area contributed by atoms with E-state index in [4.69, 9.17) is 0 Å². The monoisotopic (exact) mass is 442 g/mol. The Morgan fingerprint density at radius 3 is 2.12 bits per heavy atom. The van der Waals surface area contributed by atoms with E-state index in [0.717, 1.165) is 52.6 Å². The first-order chi connectivity index (χ1) is 16.2. The highest BCUT2D eigenvalue weighted by molar-refractivity contribution is 5.89. The van der Waals surface area contributed by atoms with Gasteiger partial charge in [-0.1, -0.05) is 36.4 Å². The first-order valence-corrected chi connectivity index (χ1v) is 11.6. The molecule has 0 radical (unpaired) electrons. The van der Waals surface area contributed by atoms with Crippen LogP contribution in [0.1, 0.15) is 24.2 Å². The van der Waals surface area contributed by atoms with Crippen LogP contribution in [0.5, 0.6) is 0 Å². The van der Waals surface area contributed by atoms with Crippen molar-refractivity contribution in [3.63, 3.8) is 0 Å². The second-order valence-electron chi connectivity index (χ2n) is 9.15. The maximum Gasteiger partial charge on any atom is 0.228 e. The molecule has 2 saturated heterocycles. The summed E-state index contributed by atoms with van der Waals surface area (Å²) in [5.74, 6) is 0.530. The summed E-state index contributed by atoms with van der Waals surface area (Å²) in [4.78, 5) is 30.4. The molecular weight excluding hydrogens is 416 g/mol. The van der Waals surface area contributed by atoms with Crippen LogP contribution < -0.4 is 0 Å². The molecule has 0 saturated carbocycles. The fraction of sp³-hybridized carbons (Fsp3) is 0.360. The van der Waals surface area contributed by atoms with Crippen molar-refractivity contribution < 1.29 is 9.59 Å². The molecule has 2 aromatic carbocycles. The number of carbonyl (C=O) groups is 2. The summed E-state index contributed by atoms with van der Waals surface area (Å²) >= 11 is 0. The lowest BCUT2D eigenvalue weighted by Crippen LogP contribution is -2.49. The number of hydrogen-bond acceptors (Lipinski definition) is 4. The minimum atomic E-state index is 0.0860. The van der Waals surface area contributed by atoms with Crippen LogP contribution in [0.2, 0.25) is 0 Å². The van der Waals surface area contributed by atoms with Gasteiger partial charge in [0, 0.05) is 30.4 Å². The molecule has 168 valence electrons. The lowest BCUT2D eigenvalue weighted by molar-refractivity contribution is -0.135. The molecule has 0 unspecified atom stereocenters. The second kappa shape index (κ2) is 8.03. The number of para-hydroxylation sites is 2. The number of nitrogens with one attached hydrogen (secondary N) is 2. The van der Waals surface area contributed by atoms with E-state index in [2.05, 4.69) is 20.4 Å². The third kappa shape index (κ3) is 3.55. The largest absolute Gasteiger partial charge is 0.340 e. The summed E-state index contributed by atoms with van der Waals surface area (Å²) in [5, 5.41) is 16.7. The highest BCUT2D eigenvalue weighted by atomic mass is 16.2. The van der Waals surface area contributed by atoms with Crippen molar-refractivity contribution in [2.75, 3.05) is 19.6 Å². The van der Waals surface area contributed by atoms with Gasteiger partial charge in [0.2, 0.25) is 11.8 Å². The van der Waals surface area contributed by atoms with Gasteiger partial charge in [0.1, 0.15) is 0 Å². The number of rotatable bonds is 4. The fourth-order valence-corrected chi connectivity index (χ4v) is 5.51. The van der Waals surface area contributed by atoms with Crippen molar-refractivity contribution in [2.45, 2.75) is 31.7 Å². The summed E-state index contributed by atoms with van der Waals surface area (Å²) < 4.78 is 0. The number of aromatic amines is 2. The maximum absolute atomic E-state index is 13.3. The molecule has 4 heterocycles. The number of hydrogen-bond donors (Lipinski definition) is 2. The summed E-state index contributed by atoms with van der Waals surface area (Å²) in [6.45, 7) is 2.07. The Bertz CT molecular complexity index is 1340. The van der Waals surface area contributed by atoms with E-state index in [9.17, 15) is 9.59 Å². The summed E-state index contributed by atoms with van der Waals surface area (Å²) in [5.41, 5.74) is 3.46. The standard InChI is InChI=1S/C25H26N6O2/c32-24(12-21-17-7-1-3-9-19(17)26-28-21)30-14-16-6-5-11-31(23(16)15-30)25(33)13-22-18-8-2-4-10-20(18)27-29-22/h1-4,7-10,16,23H,5-6,11-15H2,(H,26,28)(H,27,29)/t16-,23+/m0/s1. The molecule has 2 N–H and O–H groups in total. The van der Waals surface area contributed by atoms with Crippen molar-refractivity contribution in [1.29, 1.82) is 0 Å². The second-order valence-corrected chi connectivity index (χ2v) is 9.15. The molecule has 2 aliphatic heterocycles. The van der Waals surface area contributed by atoms with Crippen LogP contribution in [0.15, 0.2) is 48.5 Å². The summed E-state index contributed by atoms with van der Waals surface area (Å²) in [6.07, 6.45) is 2.63. The molecule has 2 atom stereocenters. The first kappa shape index (κ1) is 20.0. The molecule has 2 aliphatic rings. The van der Waals surface area contributed by atoms with Gasteiger partial charge in [-0.25, -0.2) is 0 Å². The van der Waals surface area contributed by atoms with Crippen LogP contribution in [0.25, 0.3) is 21.8 Å². The predicted molar refractivity (Wildman–Crippen MR) is 124 cm³/mol. The number of piperidine rings is 1. The first-order valence-electron chi connectivity index (χ1n) is 11.6. The topological polar surface area (TPSA) is 98.0 Å². The number of amides is 2. The number of benzene rings is 2. The van der Waals surface area contributed by atoms with Crippen LogP contribution in [0.3, 0.4) is 0 Å². The Balaban J connectivity index is 1.16. The van der Waals surface area contributed by atoms with Gasteiger partial charge in [0.15, 0.2) is 0 Å². The molecule has 0 bridgehead atoms. The van der Waals surface area contributed by atoms with E-state index < -0.39 is 0 Å². The van der Waals surface area contributed by atoms with Crippen molar-refractivity contribution in [2.24, 2.45) is 5.92 Å². The number of carbonyl (C=O) groups excluding carboxylic acids is 2. The van der Waals surface area contributed by atoms with Gasteiger partial charge in [-0.05, 0) is 30.9 Å². The van der Waals surface area contributed by atoms with E-state index in [1.54, 1.807) is 0 Å². The summed E-state index contributed by atoms with van der Waals surface area (Å²) in [6, 6.07) is 15.8. The SMILES string of the molecule is O=C(Cc1[nH]nc2ccccc12)N1C[C@@H]2CCCN(C(=O)Cc3[nH]nc4ccccc34)[C@@H]2C1. The van der Waals surface area contributed by atoms with Crippen LogP contribution in [0.4, 0.5) is 0 Å². The van der Waals surface area contributed by atoms with Gasteiger partial charge in [0.25, 0.3) is 0 Å². The number of likely N-dealkylation sites (tertiary alicyclic amines) is 2. The third-order valence-electron chi connectivity index (χ3n) is 7.19. The predicted octanol–water partition coefficient (Wildman–Crippen LogP) is 2.67. The van der Waals surface area contributed by atoms with Crippen LogP contribution in [-0.2, 0) is 22.4 Å². The number of fused-ring (bicyclic) bond motifs is 3. The van der Waals surface area contributed by atoms with Gasteiger partial charge in [-0.2, -0.15) is 10.2 Å². The molecule has 4 aromatic rings. The zero-order valence-corrected chi connectivity index (χ0v) is 18.3. The zero-order chi connectivity index (χ0) is 22.4. The van der Waals surface area contributed by atoms with Gasteiger partial charge in [-0.3, -0.25) is 19.8 Å². The number of aromatic nitrogens is 4. The van der Waals surface area contributed by atoms with Crippen molar-refractivity contribution in [1.82, 2.24) is 30.2 Å². The lowest BCUT2D eigenvalue weighted by Gasteiger charge is -2.36. The fourth-order valence-electron chi connectivity index (χ4n) is 5.51. The van der Waals surface area contributed by atoms with E-state index in [-0.39, 0.29) is 17.9 Å². The van der Waals surface area contributed by atoms with Gasteiger partial charge in [-0.15, -0.1) is 0 Å². The third-order valence-corrected chi connectivity index (χ3v) is 7.19. The van der Waals surface area contributed by atoms with E-state index >= 15 is 0 Å². The van der Waals surface area contributed by atoms with Gasteiger partial charge in [0.05, 0.1) is 41.3 Å². The Hall–Kier alpha value is -3.68. The minimum absolute atomic E-state index is 0.0860. The Labute approximate surface area is 190 Å². The minimum Gasteiger partial charge on any atom is -0.340 e. The maximum atomic E-state index is 13.3. The molecule has 2 amide bonds. The average Bonchev–Trinajstić information content (AvgIpc) is 3.56. The van der Waals surface area contributed by atoms with Crippen LogP contribution in [-0.4, -0.2) is 67.7 Å². The van der Waals surface area contributed by atoms with Crippen LogP contribution in [0, 0.1) is 5.92 Å². The quantitative estimate of drug-likeness (QED) is 0.508. The lowest BCUT2D eigenvalue weighted by atomic mass is 9.91. The van der Waals surface area contributed by atoms with Gasteiger partial charge >= 0.3 is 0 Å². The zero-order valence-electron chi connectivity index (χ0n) is 18.3. The van der Waals surface area contributed by atoms with E-state index in [1.165, 1.54) is 0 Å². The molecule has 0 spiro atoms. The Morgan fingerprint density at radius 2 is 1.45 bits per heavy atom. The van der Waals surface area contributed by atoms with Gasteiger partial charge < -0.3 is 9.80 Å². The normalized spacial score (nSPS) is 20.5. The molecule has 6 rings (SSSR count). The van der Waals surface area contributed by atoms with E-state index in [0.29, 0.717) is 31.8 Å². The Morgan fingerprint density at radius 1 is 0.848 bits per heavy atom. The van der Waals surface area contributed by atoms with Crippen molar-refractivity contribution in [3.05, 3.63) is 59.9 Å². The average molecular weight is 443 g/mol. The number of nitrogens with zero attached hydrogens (tertiary/aromatic N) is 4. The molecule has 8 nitrogen and oxygen atoms in total. The van der Waals surface area contributed by atoms with Crippen molar-refractivity contribution in [3.8, 4) is 0 Å². The molecule has 2 fully saturated rings. The molecule has 2 aromatic heterocycles.